The van der Waals surface area contributed by atoms with Crippen molar-refractivity contribution in [3.63, 3.8) is 0 Å². The second-order valence-electron chi connectivity index (χ2n) is 6.85. The second-order valence-corrected chi connectivity index (χ2v) is 12.4. The number of rotatable bonds is 6. The van der Waals surface area contributed by atoms with Gasteiger partial charge in [-0.3, -0.25) is 14.7 Å². The molecule has 3 aliphatic heterocycles. The van der Waals surface area contributed by atoms with Crippen LogP contribution in [0.3, 0.4) is 0 Å². The Bertz CT molecular complexity index is 411. The third-order valence-electron chi connectivity index (χ3n) is 4.74. The maximum atomic E-state index is 2.70. The maximum absolute atomic E-state index is 2.70. The predicted octanol–water partition coefficient (Wildman–Crippen LogP) is 4.40. The van der Waals surface area contributed by atoms with Crippen molar-refractivity contribution in [2.24, 2.45) is 0 Å². The summed E-state index contributed by atoms with van der Waals surface area (Å²) in [6, 6.07) is 0.687. The minimum absolute atomic E-state index is 0.687. The summed E-state index contributed by atoms with van der Waals surface area (Å²) >= 11 is 10.4. The number of nitrogens with zero attached hydrogens (tertiary/aromatic N) is 3. The van der Waals surface area contributed by atoms with Crippen LogP contribution in [0.2, 0.25) is 0 Å². The van der Waals surface area contributed by atoms with Gasteiger partial charge in [-0.15, -0.1) is 58.8 Å². The SMILES string of the molecule is CC1C/C(=C/CCN2CSCSC2)CSCN1CCN1CSCSC1. The molecule has 0 aromatic heterocycles. The van der Waals surface area contributed by atoms with Gasteiger partial charge >= 0.3 is 0 Å². The summed E-state index contributed by atoms with van der Waals surface area (Å²) in [4.78, 5) is 7.89. The first-order valence-corrected chi connectivity index (χ1v) is 14.8. The van der Waals surface area contributed by atoms with Crippen LogP contribution in [0.4, 0.5) is 0 Å². The monoisotopic (exact) mass is 437 g/mol. The molecule has 0 radical (unpaired) electrons. The summed E-state index contributed by atoms with van der Waals surface area (Å²) < 4.78 is 0. The minimum atomic E-state index is 0.687. The van der Waals surface area contributed by atoms with Crippen molar-refractivity contribution in [1.82, 2.24) is 14.7 Å². The molecule has 0 aromatic rings. The third kappa shape index (κ3) is 7.72. The highest BCUT2D eigenvalue weighted by Gasteiger charge is 2.21. The molecule has 0 N–H and O–H groups in total. The summed E-state index contributed by atoms with van der Waals surface area (Å²) in [6.45, 7) is 6.12. The van der Waals surface area contributed by atoms with Gasteiger partial charge in [0.05, 0.1) is 0 Å². The Labute approximate surface area is 175 Å². The summed E-state index contributed by atoms with van der Waals surface area (Å²) in [7, 11) is 0. The molecule has 0 spiro atoms. The van der Waals surface area contributed by atoms with Gasteiger partial charge < -0.3 is 0 Å². The summed E-state index contributed by atoms with van der Waals surface area (Å²) in [6.07, 6.45) is 5.04. The molecule has 1 unspecified atom stereocenters. The van der Waals surface area contributed by atoms with Crippen LogP contribution in [0.5, 0.6) is 0 Å². The standard InChI is InChI=1S/C17H31N3S5/c1-16-7-17(3-2-4-18-9-22-14-23-10-18)8-21-13-20(16)6-5-19-11-24-15-25-12-19/h3,16H,2,4-15H2,1H3/b17-3-. The fourth-order valence-corrected chi connectivity index (χ4v) is 8.74. The van der Waals surface area contributed by atoms with Gasteiger partial charge in [0.1, 0.15) is 0 Å². The van der Waals surface area contributed by atoms with Gasteiger partial charge in [-0.2, -0.15) is 0 Å². The molecule has 0 saturated carbocycles. The smallest absolute Gasteiger partial charge is 0.0461 e. The minimum Gasteiger partial charge on any atom is -0.290 e. The topological polar surface area (TPSA) is 9.72 Å². The molecule has 25 heavy (non-hydrogen) atoms. The van der Waals surface area contributed by atoms with E-state index in [9.17, 15) is 0 Å². The molecule has 3 heterocycles. The fourth-order valence-electron chi connectivity index (χ4n) is 3.25. The molecular weight excluding hydrogens is 407 g/mol. The Morgan fingerprint density at radius 1 is 0.840 bits per heavy atom. The predicted molar refractivity (Wildman–Crippen MR) is 124 cm³/mol. The lowest BCUT2D eigenvalue weighted by Crippen LogP contribution is -2.39. The molecule has 8 heteroatoms. The van der Waals surface area contributed by atoms with Gasteiger partial charge in [0.25, 0.3) is 0 Å². The van der Waals surface area contributed by atoms with E-state index in [0.29, 0.717) is 6.04 Å². The van der Waals surface area contributed by atoms with Crippen molar-refractivity contribution < 1.29 is 0 Å². The van der Waals surface area contributed by atoms with Crippen molar-refractivity contribution in [3.05, 3.63) is 11.6 Å². The van der Waals surface area contributed by atoms with E-state index >= 15 is 0 Å². The maximum Gasteiger partial charge on any atom is 0.0461 e. The lowest BCUT2D eigenvalue weighted by Gasteiger charge is -2.31. The molecule has 3 saturated heterocycles. The Morgan fingerprint density at radius 3 is 2.16 bits per heavy atom. The van der Waals surface area contributed by atoms with E-state index in [2.05, 4.69) is 86.5 Å². The zero-order valence-corrected chi connectivity index (χ0v) is 19.3. The normalized spacial score (nSPS) is 29.8. The highest BCUT2D eigenvalue weighted by molar-refractivity contribution is 8.16. The van der Waals surface area contributed by atoms with Crippen LogP contribution in [0.15, 0.2) is 11.6 Å². The molecule has 0 amide bonds. The Hall–Kier alpha value is 1.37. The molecule has 0 bridgehead atoms. The van der Waals surface area contributed by atoms with E-state index in [1.54, 1.807) is 5.57 Å². The molecule has 0 aromatic carbocycles. The summed E-state index contributed by atoms with van der Waals surface area (Å²) in [5, 5.41) is 2.55. The van der Waals surface area contributed by atoms with Crippen LogP contribution in [0.1, 0.15) is 19.8 Å². The van der Waals surface area contributed by atoms with E-state index in [1.165, 1.54) is 77.8 Å². The Morgan fingerprint density at radius 2 is 1.48 bits per heavy atom. The van der Waals surface area contributed by atoms with Crippen LogP contribution in [0.25, 0.3) is 0 Å². The van der Waals surface area contributed by atoms with E-state index in [0.717, 1.165) is 0 Å². The zero-order chi connectivity index (χ0) is 17.3. The second kappa shape index (κ2) is 12.0. The molecule has 1 atom stereocenters. The molecular formula is C17H31N3S5. The average Bonchev–Trinajstić information content (AvgIpc) is 2.83. The Balaban J connectivity index is 1.38. The van der Waals surface area contributed by atoms with E-state index in [1.807, 2.05) is 0 Å². The van der Waals surface area contributed by atoms with Crippen molar-refractivity contribution in [2.75, 3.05) is 64.9 Å². The first-order valence-electron chi connectivity index (χ1n) is 9.06. The molecule has 3 nitrogen and oxygen atoms in total. The highest BCUT2D eigenvalue weighted by atomic mass is 32.2. The van der Waals surface area contributed by atoms with Gasteiger partial charge in [0.15, 0.2) is 0 Å². The highest BCUT2D eigenvalue weighted by Crippen LogP contribution is 2.26. The number of hydrogen-bond donors (Lipinski definition) is 0. The summed E-state index contributed by atoms with van der Waals surface area (Å²) in [5.74, 6) is 7.33. The summed E-state index contributed by atoms with van der Waals surface area (Å²) in [5.41, 5.74) is 1.68. The third-order valence-corrected chi connectivity index (χ3v) is 10.7. The van der Waals surface area contributed by atoms with Crippen LogP contribution < -0.4 is 0 Å². The van der Waals surface area contributed by atoms with Crippen LogP contribution in [0, 0.1) is 0 Å². The first kappa shape index (κ1) is 21.1. The zero-order valence-electron chi connectivity index (χ0n) is 15.2. The molecule has 144 valence electrons. The largest absolute Gasteiger partial charge is 0.290 e. The van der Waals surface area contributed by atoms with Crippen molar-refractivity contribution in [2.45, 2.75) is 25.8 Å². The van der Waals surface area contributed by atoms with Gasteiger partial charge in [0, 0.05) is 71.0 Å². The van der Waals surface area contributed by atoms with Crippen LogP contribution in [-0.2, 0) is 0 Å². The molecule has 3 aliphatic rings. The molecule has 3 rings (SSSR count). The lowest BCUT2D eigenvalue weighted by atomic mass is 10.1. The van der Waals surface area contributed by atoms with Crippen LogP contribution >= 0.6 is 58.8 Å². The van der Waals surface area contributed by atoms with Crippen molar-refractivity contribution >= 4 is 58.8 Å². The van der Waals surface area contributed by atoms with Crippen molar-refractivity contribution in [1.29, 1.82) is 0 Å². The number of hydrogen-bond acceptors (Lipinski definition) is 8. The van der Waals surface area contributed by atoms with Gasteiger partial charge in [0.2, 0.25) is 0 Å². The quantitative estimate of drug-likeness (QED) is 0.559. The van der Waals surface area contributed by atoms with Gasteiger partial charge in [-0.25, -0.2) is 0 Å². The van der Waals surface area contributed by atoms with E-state index in [-0.39, 0.29) is 0 Å². The number of thioether (sulfide) groups is 5. The first-order chi connectivity index (χ1) is 12.3. The van der Waals surface area contributed by atoms with Crippen LogP contribution in [-0.4, -0.2) is 85.7 Å². The Kier molecular flexibility index (Phi) is 10.2. The molecule has 0 aliphatic carbocycles. The van der Waals surface area contributed by atoms with Crippen molar-refractivity contribution in [3.8, 4) is 0 Å². The van der Waals surface area contributed by atoms with E-state index < -0.39 is 0 Å². The average molecular weight is 438 g/mol. The van der Waals surface area contributed by atoms with Gasteiger partial charge in [-0.05, 0) is 19.8 Å². The lowest BCUT2D eigenvalue weighted by molar-refractivity contribution is 0.215. The fraction of sp³-hybridized carbons (Fsp3) is 0.882. The van der Waals surface area contributed by atoms with Gasteiger partial charge in [-0.1, -0.05) is 11.6 Å². The van der Waals surface area contributed by atoms with E-state index in [4.69, 9.17) is 0 Å². The molecule has 3 fully saturated rings.